The molecule has 26 heavy (non-hydrogen) atoms. The first-order valence-electron chi connectivity index (χ1n) is 8.34. The fourth-order valence-corrected chi connectivity index (χ4v) is 2.77. The molecule has 1 fully saturated rings. The number of ether oxygens (including phenoxy) is 4. The highest BCUT2D eigenvalue weighted by Gasteiger charge is 2.31. The first-order valence-corrected chi connectivity index (χ1v) is 8.34. The van der Waals surface area contributed by atoms with E-state index in [1.54, 1.807) is 32.0 Å². The summed E-state index contributed by atoms with van der Waals surface area (Å²) in [5.74, 6) is -1.64. The number of carbonyl (C=O) groups is 2. The summed E-state index contributed by atoms with van der Waals surface area (Å²) in [5.41, 5.74) is 0.327. The van der Waals surface area contributed by atoms with Crippen LogP contribution in [0.1, 0.15) is 46.5 Å². The van der Waals surface area contributed by atoms with Gasteiger partial charge in [0, 0.05) is 17.0 Å². The zero-order valence-corrected chi connectivity index (χ0v) is 14.5. The van der Waals surface area contributed by atoms with Crippen molar-refractivity contribution in [2.45, 2.75) is 20.1 Å². The second kappa shape index (κ2) is 7.67. The predicted molar refractivity (Wildman–Crippen MR) is 89.5 cm³/mol. The molecule has 8 nitrogen and oxygen atoms in total. The van der Waals surface area contributed by atoms with Crippen molar-refractivity contribution < 1.29 is 33.3 Å². The number of aromatic nitrogens is 1. The minimum Gasteiger partial charge on any atom is -0.618 e. The van der Waals surface area contributed by atoms with Gasteiger partial charge in [0.25, 0.3) is 0 Å². The lowest BCUT2D eigenvalue weighted by Crippen LogP contribution is -2.39. The number of esters is 2. The van der Waals surface area contributed by atoms with Crippen molar-refractivity contribution in [3.63, 3.8) is 0 Å². The van der Waals surface area contributed by atoms with Crippen LogP contribution in [0, 0.1) is 5.21 Å². The van der Waals surface area contributed by atoms with Gasteiger partial charge in [-0.2, -0.15) is 4.73 Å². The smallest absolute Gasteiger partial charge is 0.405 e. The van der Waals surface area contributed by atoms with Gasteiger partial charge >= 0.3 is 17.6 Å². The van der Waals surface area contributed by atoms with Gasteiger partial charge < -0.3 is 24.2 Å². The number of hydrogen-bond acceptors (Lipinski definition) is 7. The van der Waals surface area contributed by atoms with Crippen LogP contribution in [0.3, 0.4) is 0 Å². The van der Waals surface area contributed by atoms with E-state index in [0.29, 0.717) is 28.9 Å². The molecule has 0 unspecified atom stereocenters. The number of benzene rings is 1. The second-order valence-electron chi connectivity index (χ2n) is 5.53. The summed E-state index contributed by atoms with van der Waals surface area (Å²) in [5, 5.41) is 13.4. The molecule has 1 aliphatic rings. The molecule has 138 valence electrons. The molecule has 1 aliphatic heterocycles. The number of carbonyl (C=O) groups excluding carboxylic acids is 2. The highest BCUT2D eigenvalue weighted by Crippen LogP contribution is 2.26. The van der Waals surface area contributed by atoms with Crippen molar-refractivity contribution in [2.24, 2.45) is 0 Å². The SMILES string of the molecule is CCOC(=O)c1cc2ccc(C3OCCO3)cc2[n+]([O-])c1C(=O)OCC. The molecule has 1 saturated heterocycles. The van der Waals surface area contributed by atoms with Crippen molar-refractivity contribution in [2.75, 3.05) is 26.4 Å². The number of hydrogen-bond donors (Lipinski definition) is 0. The van der Waals surface area contributed by atoms with E-state index in [2.05, 4.69) is 0 Å². The molecule has 1 aromatic heterocycles. The average Bonchev–Trinajstić information content (AvgIpc) is 3.16. The van der Waals surface area contributed by atoms with Crippen LogP contribution in [0.15, 0.2) is 24.3 Å². The van der Waals surface area contributed by atoms with Crippen molar-refractivity contribution in [3.8, 4) is 0 Å². The van der Waals surface area contributed by atoms with Gasteiger partial charge in [-0.05, 0) is 26.0 Å². The van der Waals surface area contributed by atoms with Crippen LogP contribution < -0.4 is 4.73 Å². The molecule has 0 atom stereocenters. The fourth-order valence-electron chi connectivity index (χ4n) is 2.77. The molecule has 0 N–H and O–H groups in total. The number of pyridine rings is 1. The number of nitrogens with zero attached hydrogens (tertiary/aromatic N) is 1. The van der Waals surface area contributed by atoms with Crippen LogP contribution in [-0.2, 0) is 18.9 Å². The molecule has 1 aromatic carbocycles. The number of fused-ring (bicyclic) bond motifs is 1. The molecule has 3 rings (SSSR count). The van der Waals surface area contributed by atoms with E-state index in [4.69, 9.17) is 18.9 Å². The summed E-state index contributed by atoms with van der Waals surface area (Å²) in [6.07, 6.45) is -0.560. The molecular weight excluding hydrogens is 342 g/mol. The van der Waals surface area contributed by atoms with Gasteiger partial charge in [0.1, 0.15) is 5.56 Å². The summed E-state index contributed by atoms with van der Waals surface area (Å²) in [6.45, 7) is 4.38. The standard InChI is InChI=1S/C18H19NO7/c1-3-23-16(20)13-9-11-5-6-12(18-25-7-8-26-18)10-14(11)19(22)15(13)17(21)24-4-2/h5-6,9-10,18H,3-4,7-8H2,1-2H3. The van der Waals surface area contributed by atoms with Gasteiger partial charge in [-0.15, -0.1) is 0 Å². The Hall–Kier alpha value is -2.71. The van der Waals surface area contributed by atoms with E-state index in [9.17, 15) is 14.8 Å². The Labute approximate surface area is 149 Å². The van der Waals surface area contributed by atoms with E-state index in [1.165, 1.54) is 6.07 Å². The molecule has 0 amide bonds. The van der Waals surface area contributed by atoms with E-state index in [0.717, 1.165) is 0 Å². The third kappa shape index (κ3) is 3.33. The Kier molecular flexibility index (Phi) is 5.34. The topological polar surface area (TPSA) is 98.0 Å². The summed E-state index contributed by atoms with van der Waals surface area (Å²) in [7, 11) is 0. The second-order valence-corrected chi connectivity index (χ2v) is 5.53. The Morgan fingerprint density at radius 2 is 1.77 bits per heavy atom. The Morgan fingerprint density at radius 1 is 1.12 bits per heavy atom. The van der Waals surface area contributed by atoms with Crippen LogP contribution in [0.5, 0.6) is 0 Å². The zero-order chi connectivity index (χ0) is 18.7. The van der Waals surface area contributed by atoms with Crippen molar-refractivity contribution in [1.82, 2.24) is 0 Å². The largest absolute Gasteiger partial charge is 0.618 e. The monoisotopic (exact) mass is 361 g/mol. The number of rotatable bonds is 5. The van der Waals surface area contributed by atoms with Gasteiger partial charge in [-0.1, -0.05) is 6.07 Å². The Morgan fingerprint density at radius 3 is 2.42 bits per heavy atom. The molecule has 0 aliphatic carbocycles. The molecule has 0 radical (unpaired) electrons. The summed E-state index contributed by atoms with van der Waals surface area (Å²) < 4.78 is 21.2. The molecule has 0 bridgehead atoms. The first kappa shape index (κ1) is 18.1. The highest BCUT2D eigenvalue weighted by molar-refractivity contribution is 6.03. The molecule has 0 spiro atoms. The lowest BCUT2D eigenvalue weighted by Gasteiger charge is -2.13. The Bertz CT molecular complexity index is 843. The van der Waals surface area contributed by atoms with Gasteiger partial charge in [0.15, 0.2) is 6.29 Å². The third-order valence-electron chi connectivity index (χ3n) is 3.89. The normalized spacial score (nSPS) is 14.5. The van der Waals surface area contributed by atoms with Crippen LogP contribution >= 0.6 is 0 Å². The van der Waals surface area contributed by atoms with Crippen molar-refractivity contribution in [3.05, 3.63) is 46.3 Å². The van der Waals surface area contributed by atoms with Crippen LogP contribution in [-0.4, -0.2) is 38.4 Å². The van der Waals surface area contributed by atoms with Crippen molar-refractivity contribution in [1.29, 1.82) is 0 Å². The van der Waals surface area contributed by atoms with E-state index in [1.807, 2.05) is 0 Å². The minimum atomic E-state index is -0.883. The molecular formula is C18H19NO7. The van der Waals surface area contributed by atoms with Crippen LogP contribution in [0.2, 0.25) is 0 Å². The van der Waals surface area contributed by atoms with E-state index in [-0.39, 0.29) is 24.3 Å². The summed E-state index contributed by atoms with van der Waals surface area (Å²) in [6, 6.07) is 6.45. The quantitative estimate of drug-likeness (QED) is 0.455. The molecule has 2 heterocycles. The van der Waals surface area contributed by atoms with Gasteiger partial charge in [-0.25, -0.2) is 9.59 Å². The maximum absolute atomic E-state index is 12.9. The van der Waals surface area contributed by atoms with E-state index >= 15 is 0 Å². The van der Waals surface area contributed by atoms with E-state index < -0.39 is 23.9 Å². The molecule has 8 heteroatoms. The summed E-state index contributed by atoms with van der Waals surface area (Å²) >= 11 is 0. The Balaban J connectivity index is 2.17. The lowest BCUT2D eigenvalue weighted by atomic mass is 10.1. The van der Waals surface area contributed by atoms with Crippen molar-refractivity contribution >= 4 is 22.8 Å². The zero-order valence-electron chi connectivity index (χ0n) is 14.5. The fraction of sp³-hybridized carbons (Fsp3) is 0.389. The van der Waals surface area contributed by atoms with Gasteiger partial charge in [-0.3, -0.25) is 0 Å². The maximum Gasteiger partial charge on any atom is 0.405 e. The van der Waals surface area contributed by atoms with Gasteiger partial charge in [0.05, 0.1) is 26.4 Å². The first-order chi connectivity index (χ1) is 12.6. The highest BCUT2D eigenvalue weighted by atomic mass is 16.7. The average molecular weight is 361 g/mol. The maximum atomic E-state index is 12.9. The van der Waals surface area contributed by atoms with Crippen LogP contribution in [0.4, 0.5) is 0 Å². The molecule has 2 aromatic rings. The predicted octanol–water partition coefficient (Wildman–Crippen LogP) is 1.87. The van der Waals surface area contributed by atoms with Gasteiger partial charge in [0.2, 0.25) is 5.52 Å². The summed E-state index contributed by atoms with van der Waals surface area (Å²) in [4.78, 5) is 24.5. The minimum absolute atomic E-state index is 0.0724. The molecule has 0 saturated carbocycles. The third-order valence-corrected chi connectivity index (χ3v) is 3.89. The van der Waals surface area contributed by atoms with Crippen LogP contribution in [0.25, 0.3) is 10.9 Å². The lowest BCUT2D eigenvalue weighted by molar-refractivity contribution is -0.580.